The highest BCUT2D eigenvalue weighted by Crippen LogP contribution is 2.28. The molecule has 1 aliphatic heterocycles. The van der Waals surface area contributed by atoms with Crippen molar-refractivity contribution in [1.29, 1.82) is 0 Å². The lowest BCUT2D eigenvalue weighted by atomic mass is 10.1. The van der Waals surface area contributed by atoms with Crippen LogP contribution in [0, 0.1) is 13.8 Å². The van der Waals surface area contributed by atoms with Crippen LogP contribution in [-0.2, 0) is 9.84 Å². The Bertz CT molecular complexity index is 966. The molecule has 0 aliphatic carbocycles. The van der Waals surface area contributed by atoms with Gasteiger partial charge in [-0.3, -0.25) is 4.79 Å². The fourth-order valence-electron chi connectivity index (χ4n) is 2.82. The van der Waals surface area contributed by atoms with Gasteiger partial charge in [0, 0.05) is 15.6 Å². The Morgan fingerprint density at radius 2 is 1.84 bits per heavy atom. The summed E-state index contributed by atoms with van der Waals surface area (Å²) in [7, 11) is -3.28. The summed E-state index contributed by atoms with van der Waals surface area (Å²) in [6.45, 7) is 3.97. The second-order valence-electron chi connectivity index (χ2n) is 6.15. The number of halogens is 1. The predicted octanol–water partition coefficient (Wildman–Crippen LogP) is 4.02. The minimum Gasteiger partial charge on any atom is -0.300 e. The van der Waals surface area contributed by atoms with Crippen LogP contribution in [-0.4, -0.2) is 26.1 Å². The summed E-state index contributed by atoms with van der Waals surface area (Å²) in [6.07, 6.45) is 1.58. The van der Waals surface area contributed by atoms with Crippen molar-refractivity contribution in [2.24, 2.45) is 0 Å². The topological polar surface area (TPSA) is 54.5 Å². The Labute approximate surface area is 156 Å². The van der Waals surface area contributed by atoms with Crippen LogP contribution in [0.25, 0.3) is 0 Å². The molecule has 130 valence electrons. The van der Waals surface area contributed by atoms with Crippen LogP contribution in [0.1, 0.15) is 21.5 Å². The Balaban J connectivity index is 2.09. The van der Waals surface area contributed by atoms with Gasteiger partial charge in [0.15, 0.2) is 9.84 Å². The first-order chi connectivity index (χ1) is 11.8. The number of sulfone groups is 1. The average molecular weight is 420 g/mol. The van der Waals surface area contributed by atoms with Crippen molar-refractivity contribution >= 4 is 37.4 Å². The lowest BCUT2D eigenvalue weighted by molar-refractivity contribution is 0.0982. The van der Waals surface area contributed by atoms with Gasteiger partial charge in [0.25, 0.3) is 5.91 Å². The Kier molecular flexibility index (Phi) is 4.84. The summed E-state index contributed by atoms with van der Waals surface area (Å²) in [4.78, 5) is 14.8. The fourth-order valence-corrected chi connectivity index (χ4v) is 4.54. The third-order valence-corrected chi connectivity index (χ3v) is 6.40. The van der Waals surface area contributed by atoms with Gasteiger partial charge in [-0.15, -0.1) is 0 Å². The molecule has 2 aromatic rings. The van der Waals surface area contributed by atoms with Crippen molar-refractivity contribution in [3.63, 3.8) is 0 Å². The maximum Gasteiger partial charge on any atom is 0.260 e. The standard InChI is InChI=1S/C19H18BrNO3S/c1-13-7-8-15(11-14(13)2)21(16-9-10-25(23,24)12-16)19(22)17-5-3-4-6-18(17)20/h3-11,16H,12H2,1-2H3/t16-/m0/s1. The van der Waals surface area contributed by atoms with Crippen molar-refractivity contribution in [1.82, 2.24) is 0 Å². The van der Waals surface area contributed by atoms with Crippen LogP contribution in [0.4, 0.5) is 5.69 Å². The molecule has 0 aromatic heterocycles. The molecule has 0 bridgehead atoms. The first-order valence-electron chi connectivity index (χ1n) is 7.85. The SMILES string of the molecule is Cc1ccc(N(C(=O)c2ccccc2Br)[C@H]2C=CS(=O)(=O)C2)cc1C. The summed E-state index contributed by atoms with van der Waals surface area (Å²) >= 11 is 3.41. The lowest BCUT2D eigenvalue weighted by Gasteiger charge is -2.28. The van der Waals surface area contributed by atoms with E-state index in [0.717, 1.165) is 11.1 Å². The molecule has 2 aromatic carbocycles. The molecule has 4 nitrogen and oxygen atoms in total. The van der Waals surface area contributed by atoms with Crippen LogP contribution in [0.15, 0.2) is 58.4 Å². The number of aryl methyl sites for hydroxylation is 2. The predicted molar refractivity (Wildman–Crippen MR) is 104 cm³/mol. The second kappa shape index (κ2) is 6.77. The molecule has 0 fully saturated rings. The monoisotopic (exact) mass is 419 g/mol. The van der Waals surface area contributed by atoms with Crippen molar-refractivity contribution in [2.45, 2.75) is 19.9 Å². The van der Waals surface area contributed by atoms with Gasteiger partial charge in [-0.25, -0.2) is 8.42 Å². The molecule has 3 rings (SSSR count). The number of benzene rings is 2. The quantitative estimate of drug-likeness (QED) is 0.754. The zero-order valence-corrected chi connectivity index (χ0v) is 16.3. The van der Waals surface area contributed by atoms with E-state index in [1.807, 2.05) is 38.1 Å². The molecule has 0 radical (unpaired) electrons. The summed E-state index contributed by atoms with van der Waals surface area (Å²) in [5.74, 6) is -0.335. The lowest BCUT2D eigenvalue weighted by Crippen LogP contribution is -2.41. The van der Waals surface area contributed by atoms with Crippen LogP contribution in [0.3, 0.4) is 0 Å². The molecule has 1 heterocycles. The number of amides is 1. The van der Waals surface area contributed by atoms with Gasteiger partial charge in [-0.2, -0.15) is 0 Å². The maximum absolute atomic E-state index is 13.2. The van der Waals surface area contributed by atoms with Crippen LogP contribution >= 0.6 is 15.9 Å². The van der Waals surface area contributed by atoms with E-state index >= 15 is 0 Å². The Hall–Kier alpha value is -1.92. The number of hydrogen-bond donors (Lipinski definition) is 0. The highest BCUT2D eigenvalue weighted by atomic mass is 79.9. The molecular weight excluding hydrogens is 402 g/mol. The maximum atomic E-state index is 13.2. The molecule has 0 spiro atoms. The number of anilines is 1. The van der Waals surface area contributed by atoms with Crippen LogP contribution < -0.4 is 4.90 Å². The molecule has 0 unspecified atom stereocenters. The normalized spacial score (nSPS) is 18.3. The molecule has 1 aliphatic rings. The van der Waals surface area contributed by atoms with E-state index in [1.165, 1.54) is 5.41 Å². The van der Waals surface area contributed by atoms with E-state index in [4.69, 9.17) is 0 Å². The minimum atomic E-state index is -3.28. The zero-order chi connectivity index (χ0) is 18.2. The van der Waals surface area contributed by atoms with E-state index in [-0.39, 0.29) is 11.7 Å². The minimum absolute atomic E-state index is 0.101. The average Bonchev–Trinajstić information content (AvgIpc) is 2.91. The van der Waals surface area contributed by atoms with E-state index in [2.05, 4.69) is 15.9 Å². The smallest absolute Gasteiger partial charge is 0.260 e. The zero-order valence-electron chi connectivity index (χ0n) is 13.9. The van der Waals surface area contributed by atoms with E-state index < -0.39 is 15.9 Å². The van der Waals surface area contributed by atoms with Crippen LogP contribution in [0.2, 0.25) is 0 Å². The fraction of sp³-hybridized carbons (Fsp3) is 0.211. The van der Waals surface area contributed by atoms with E-state index in [9.17, 15) is 13.2 Å². The van der Waals surface area contributed by atoms with Gasteiger partial charge in [0.2, 0.25) is 0 Å². The Morgan fingerprint density at radius 1 is 1.12 bits per heavy atom. The third-order valence-electron chi connectivity index (χ3n) is 4.33. The second-order valence-corrected chi connectivity index (χ2v) is 8.93. The van der Waals surface area contributed by atoms with Gasteiger partial charge < -0.3 is 4.90 Å². The number of hydrogen-bond acceptors (Lipinski definition) is 3. The van der Waals surface area contributed by atoms with Gasteiger partial charge in [0.05, 0.1) is 17.4 Å². The molecule has 6 heteroatoms. The number of rotatable bonds is 3. The van der Waals surface area contributed by atoms with Gasteiger partial charge >= 0.3 is 0 Å². The van der Waals surface area contributed by atoms with Crippen molar-refractivity contribution in [3.8, 4) is 0 Å². The summed E-state index contributed by atoms with van der Waals surface area (Å²) < 4.78 is 24.5. The first-order valence-corrected chi connectivity index (χ1v) is 10.4. The van der Waals surface area contributed by atoms with Crippen molar-refractivity contribution < 1.29 is 13.2 Å². The highest BCUT2D eigenvalue weighted by molar-refractivity contribution is 9.10. The van der Waals surface area contributed by atoms with Crippen molar-refractivity contribution in [3.05, 3.63) is 75.1 Å². The van der Waals surface area contributed by atoms with Gasteiger partial charge in [-0.05, 0) is 71.2 Å². The molecule has 1 amide bonds. The third kappa shape index (κ3) is 3.70. The molecule has 0 saturated carbocycles. The Morgan fingerprint density at radius 3 is 2.44 bits per heavy atom. The molecule has 0 N–H and O–H groups in total. The van der Waals surface area contributed by atoms with E-state index in [0.29, 0.717) is 15.7 Å². The molecule has 25 heavy (non-hydrogen) atoms. The first kappa shape index (κ1) is 17.9. The largest absolute Gasteiger partial charge is 0.300 e. The van der Waals surface area contributed by atoms with Crippen LogP contribution in [0.5, 0.6) is 0 Å². The number of nitrogens with zero attached hydrogens (tertiary/aromatic N) is 1. The summed E-state index contributed by atoms with van der Waals surface area (Å²) in [5.41, 5.74) is 3.35. The molecule has 0 saturated heterocycles. The number of carbonyl (C=O) groups excluding carboxylic acids is 1. The van der Waals surface area contributed by atoms with Gasteiger partial charge in [0.1, 0.15) is 0 Å². The molecule has 1 atom stereocenters. The molecular formula is C19H18BrNO3S. The highest BCUT2D eigenvalue weighted by Gasteiger charge is 2.32. The van der Waals surface area contributed by atoms with E-state index in [1.54, 1.807) is 29.2 Å². The number of carbonyl (C=O) groups is 1. The summed E-state index contributed by atoms with van der Waals surface area (Å²) in [6, 6.07) is 12.3. The van der Waals surface area contributed by atoms with Crippen molar-refractivity contribution in [2.75, 3.05) is 10.7 Å². The van der Waals surface area contributed by atoms with Gasteiger partial charge in [-0.1, -0.05) is 18.2 Å². The summed E-state index contributed by atoms with van der Waals surface area (Å²) in [5, 5.41) is 1.19.